The summed E-state index contributed by atoms with van der Waals surface area (Å²) in [5.41, 5.74) is 1.09. The minimum absolute atomic E-state index is 0.488. The van der Waals surface area contributed by atoms with E-state index in [1.807, 2.05) is 18.2 Å². The standard InChI is InChI=1S/C15H23ClN2O/c1-4-17-12-7-8-18(11(2)9-12)15-10-13(19-3)5-6-14(15)16/h5-6,10-12,17H,4,7-9H2,1-3H3. The first kappa shape index (κ1) is 14.5. The number of hydrogen-bond donors (Lipinski definition) is 1. The van der Waals surface area contributed by atoms with Gasteiger partial charge in [0.25, 0.3) is 0 Å². The Bertz CT molecular complexity index is 425. The van der Waals surface area contributed by atoms with Crippen LogP contribution in [0.25, 0.3) is 0 Å². The van der Waals surface area contributed by atoms with Crippen LogP contribution >= 0.6 is 11.6 Å². The first-order chi connectivity index (χ1) is 9.15. The van der Waals surface area contributed by atoms with Crippen molar-refractivity contribution < 1.29 is 4.74 Å². The van der Waals surface area contributed by atoms with Gasteiger partial charge < -0.3 is 15.0 Å². The van der Waals surface area contributed by atoms with Crippen molar-refractivity contribution >= 4 is 17.3 Å². The van der Waals surface area contributed by atoms with Crippen LogP contribution in [0.15, 0.2) is 18.2 Å². The van der Waals surface area contributed by atoms with Crippen LogP contribution < -0.4 is 15.0 Å². The Morgan fingerprint density at radius 2 is 2.26 bits per heavy atom. The van der Waals surface area contributed by atoms with Crippen LogP contribution in [-0.4, -0.2) is 32.3 Å². The van der Waals surface area contributed by atoms with Gasteiger partial charge in [-0.3, -0.25) is 0 Å². The molecule has 0 aromatic heterocycles. The molecule has 1 aromatic carbocycles. The summed E-state index contributed by atoms with van der Waals surface area (Å²) in [5, 5.41) is 4.34. The zero-order valence-electron chi connectivity index (χ0n) is 11.9. The molecule has 106 valence electrons. The average molecular weight is 283 g/mol. The van der Waals surface area contributed by atoms with E-state index in [1.165, 1.54) is 0 Å². The molecule has 2 unspecified atom stereocenters. The van der Waals surface area contributed by atoms with E-state index in [0.717, 1.165) is 42.4 Å². The summed E-state index contributed by atoms with van der Waals surface area (Å²) in [4.78, 5) is 2.39. The van der Waals surface area contributed by atoms with Gasteiger partial charge in [-0.2, -0.15) is 0 Å². The molecule has 4 heteroatoms. The SMILES string of the molecule is CCNC1CCN(c2cc(OC)ccc2Cl)C(C)C1. The van der Waals surface area contributed by atoms with E-state index in [4.69, 9.17) is 16.3 Å². The van der Waals surface area contributed by atoms with Gasteiger partial charge in [-0.1, -0.05) is 18.5 Å². The Balaban J connectivity index is 2.14. The molecule has 1 N–H and O–H groups in total. The third kappa shape index (κ3) is 3.34. The maximum atomic E-state index is 6.34. The molecule has 2 rings (SSSR count). The van der Waals surface area contributed by atoms with Gasteiger partial charge in [-0.25, -0.2) is 0 Å². The normalized spacial score (nSPS) is 23.5. The van der Waals surface area contributed by atoms with Gasteiger partial charge in [0, 0.05) is 24.7 Å². The van der Waals surface area contributed by atoms with Gasteiger partial charge in [0.2, 0.25) is 0 Å². The first-order valence-electron chi connectivity index (χ1n) is 6.99. The molecule has 0 radical (unpaired) electrons. The largest absolute Gasteiger partial charge is 0.497 e. The molecule has 1 aliphatic rings. The van der Waals surface area contributed by atoms with Crippen LogP contribution in [0.4, 0.5) is 5.69 Å². The van der Waals surface area contributed by atoms with Crippen molar-refractivity contribution in [3.05, 3.63) is 23.2 Å². The average Bonchev–Trinajstić information content (AvgIpc) is 2.40. The van der Waals surface area contributed by atoms with Crippen molar-refractivity contribution in [2.24, 2.45) is 0 Å². The highest BCUT2D eigenvalue weighted by molar-refractivity contribution is 6.33. The number of ether oxygens (including phenoxy) is 1. The summed E-state index contributed by atoms with van der Waals surface area (Å²) >= 11 is 6.34. The monoisotopic (exact) mass is 282 g/mol. The van der Waals surface area contributed by atoms with E-state index in [0.29, 0.717) is 12.1 Å². The molecule has 0 spiro atoms. The lowest BCUT2D eigenvalue weighted by Gasteiger charge is -2.40. The first-order valence-corrected chi connectivity index (χ1v) is 7.37. The summed E-state index contributed by atoms with van der Waals surface area (Å²) in [6.07, 6.45) is 2.31. The lowest BCUT2D eigenvalue weighted by atomic mass is 9.97. The van der Waals surface area contributed by atoms with E-state index >= 15 is 0 Å². The fourth-order valence-corrected chi connectivity index (χ4v) is 3.07. The van der Waals surface area contributed by atoms with E-state index in [9.17, 15) is 0 Å². The molecule has 1 aliphatic heterocycles. The fraction of sp³-hybridized carbons (Fsp3) is 0.600. The molecule has 1 aromatic rings. The predicted molar refractivity (Wildman–Crippen MR) is 81.5 cm³/mol. The zero-order chi connectivity index (χ0) is 13.8. The highest BCUT2D eigenvalue weighted by Crippen LogP contribution is 2.34. The number of rotatable bonds is 4. The minimum Gasteiger partial charge on any atom is -0.497 e. The lowest BCUT2D eigenvalue weighted by molar-refractivity contribution is 0.373. The van der Waals surface area contributed by atoms with Gasteiger partial charge in [0.05, 0.1) is 17.8 Å². The number of methoxy groups -OCH3 is 1. The second-order valence-electron chi connectivity index (χ2n) is 5.14. The molecule has 1 heterocycles. The third-order valence-corrected chi connectivity index (χ3v) is 4.15. The molecular formula is C15H23ClN2O. The number of benzene rings is 1. The Morgan fingerprint density at radius 3 is 2.89 bits per heavy atom. The maximum Gasteiger partial charge on any atom is 0.121 e. The van der Waals surface area contributed by atoms with Gasteiger partial charge in [0.1, 0.15) is 5.75 Å². The molecule has 3 nitrogen and oxygen atoms in total. The topological polar surface area (TPSA) is 24.5 Å². The number of nitrogens with one attached hydrogen (secondary N) is 1. The van der Waals surface area contributed by atoms with Crippen molar-refractivity contribution in [2.75, 3.05) is 25.1 Å². The van der Waals surface area contributed by atoms with Gasteiger partial charge in [0.15, 0.2) is 0 Å². The summed E-state index contributed by atoms with van der Waals surface area (Å²) in [6, 6.07) is 6.97. The van der Waals surface area contributed by atoms with Crippen LogP contribution in [0, 0.1) is 0 Å². The van der Waals surface area contributed by atoms with Crippen LogP contribution in [0.3, 0.4) is 0 Å². The Morgan fingerprint density at radius 1 is 1.47 bits per heavy atom. The zero-order valence-corrected chi connectivity index (χ0v) is 12.7. The third-order valence-electron chi connectivity index (χ3n) is 3.83. The number of piperidine rings is 1. The number of halogens is 1. The van der Waals surface area contributed by atoms with Crippen LogP contribution in [0.2, 0.25) is 5.02 Å². The van der Waals surface area contributed by atoms with E-state index in [1.54, 1.807) is 7.11 Å². The van der Waals surface area contributed by atoms with Crippen molar-refractivity contribution in [1.82, 2.24) is 5.32 Å². The number of nitrogens with zero attached hydrogens (tertiary/aromatic N) is 1. The van der Waals surface area contributed by atoms with Gasteiger partial charge in [-0.05, 0) is 38.4 Å². The van der Waals surface area contributed by atoms with E-state index < -0.39 is 0 Å². The Hall–Kier alpha value is -0.930. The molecule has 0 amide bonds. The molecule has 1 saturated heterocycles. The lowest BCUT2D eigenvalue weighted by Crippen LogP contribution is -2.47. The summed E-state index contributed by atoms with van der Waals surface area (Å²) in [6.45, 7) is 6.50. The van der Waals surface area contributed by atoms with Crippen molar-refractivity contribution in [1.29, 1.82) is 0 Å². The minimum atomic E-state index is 0.488. The Labute approximate surface area is 120 Å². The maximum absolute atomic E-state index is 6.34. The van der Waals surface area contributed by atoms with Crippen molar-refractivity contribution in [2.45, 2.75) is 38.8 Å². The van der Waals surface area contributed by atoms with Crippen molar-refractivity contribution in [3.8, 4) is 5.75 Å². The molecule has 0 saturated carbocycles. The van der Waals surface area contributed by atoms with E-state index in [2.05, 4.69) is 24.1 Å². The van der Waals surface area contributed by atoms with Crippen LogP contribution in [0.1, 0.15) is 26.7 Å². The van der Waals surface area contributed by atoms with Crippen LogP contribution in [0.5, 0.6) is 5.75 Å². The van der Waals surface area contributed by atoms with Gasteiger partial charge >= 0.3 is 0 Å². The van der Waals surface area contributed by atoms with E-state index in [-0.39, 0.29) is 0 Å². The molecule has 0 aliphatic carbocycles. The smallest absolute Gasteiger partial charge is 0.121 e. The highest BCUT2D eigenvalue weighted by Gasteiger charge is 2.26. The molecule has 2 atom stereocenters. The molecule has 19 heavy (non-hydrogen) atoms. The molecule has 1 fully saturated rings. The summed E-state index contributed by atoms with van der Waals surface area (Å²) < 4.78 is 5.30. The Kier molecular flexibility index (Phi) is 4.94. The van der Waals surface area contributed by atoms with Crippen LogP contribution in [-0.2, 0) is 0 Å². The molecular weight excluding hydrogens is 260 g/mol. The second kappa shape index (κ2) is 6.49. The van der Waals surface area contributed by atoms with Crippen molar-refractivity contribution in [3.63, 3.8) is 0 Å². The second-order valence-corrected chi connectivity index (χ2v) is 5.55. The van der Waals surface area contributed by atoms with Gasteiger partial charge in [-0.15, -0.1) is 0 Å². The highest BCUT2D eigenvalue weighted by atomic mass is 35.5. The molecule has 0 bridgehead atoms. The number of anilines is 1. The predicted octanol–water partition coefficient (Wildman–Crippen LogP) is 3.32. The number of hydrogen-bond acceptors (Lipinski definition) is 3. The summed E-state index contributed by atoms with van der Waals surface area (Å²) in [5.74, 6) is 0.861. The fourth-order valence-electron chi connectivity index (χ4n) is 2.84. The summed E-state index contributed by atoms with van der Waals surface area (Å²) in [7, 11) is 1.69. The quantitative estimate of drug-likeness (QED) is 0.917.